The highest BCUT2D eigenvalue weighted by Crippen LogP contribution is 2.47. The Morgan fingerprint density at radius 3 is 2.41 bits per heavy atom. The summed E-state index contributed by atoms with van der Waals surface area (Å²) in [5, 5.41) is 7.82. The van der Waals surface area contributed by atoms with Gasteiger partial charge >= 0.3 is 6.03 Å². The van der Waals surface area contributed by atoms with Crippen LogP contribution in [0.25, 0.3) is 5.82 Å². The fraction of sp³-hybridized carbons (Fsp3) is 0.571. The van der Waals surface area contributed by atoms with Gasteiger partial charge in [-0.15, -0.1) is 0 Å². The van der Waals surface area contributed by atoms with Gasteiger partial charge in [0.15, 0.2) is 5.82 Å². The maximum absolute atomic E-state index is 13.0. The number of carbonyl (C=O) groups excluding carboxylic acids is 1. The molecule has 2 heterocycles. The second-order valence-corrected chi connectivity index (χ2v) is 8.97. The summed E-state index contributed by atoms with van der Waals surface area (Å²) in [6.45, 7) is 6.35. The molecule has 0 bridgehead atoms. The Kier molecular flexibility index (Phi) is 4.44. The minimum atomic E-state index is -0.115. The van der Waals surface area contributed by atoms with Gasteiger partial charge in [0.05, 0.1) is 5.69 Å². The van der Waals surface area contributed by atoms with Crippen LogP contribution >= 0.6 is 0 Å². The first-order chi connectivity index (χ1) is 12.8. The van der Waals surface area contributed by atoms with Crippen molar-refractivity contribution in [1.29, 1.82) is 0 Å². The van der Waals surface area contributed by atoms with Crippen LogP contribution in [0.3, 0.4) is 0 Å². The number of amides is 2. The van der Waals surface area contributed by atoms with Gasteiger partial charge in [-0.05, 0) is 49.7 Å². The van der Waals surface area contributed by atoms with Crippen molar-refractivity contribution in [3.05, 3.63) is 36.2 Å². The van der Waals surface area contributed by atoms with Crippen LogP contribution in [0.15, 0.2) is 30.5 Å². The molecule has 2 fully saturated rings. The zero-order valence-corrected chi connectivity index (χ0v) is 16.6. The summed E-state index contributed by atoms with van der Waals surface area (Å²) in [5.41, 5.74) is 0.808. The third-order valence-electron chi connectivity index (χ3n) is 5.56. The minimum Gasteiger partial charge on any atom is -0.324 e. The van der Waals surface area contributed by atoms with Crippen molar-refractivity contribution < 1.29 is 4.79 Å². The number of nitrogens with zero attached hydrogens (tertiary/aromatic N) is 4. The van der Waals surface area contributed by atoms with Crippen LogP contribution in [0.5, 0.6) is 0 Å². The first kappa shape index (κ1) is 18.0. The van der Waals surface area contributed by atoms with Gasteiger partial charge in [0.1, 0.15) is 5.82 Å². The van der Waals surface area contributed by atoms with Gasteiger partial charge in [-0.2, -0.15) is 9.78 Å². The molecule has 0 aromatic carbocycles. The molecule has 2 saturated carbocycles. The lowest BCUT2D eigenvalue weighted by Crippen LogP contribution is -2.42. The van der Waals surface area contributed by atoms with E-state index >= 15 is 0 Å². The number of pyridine rings is 1. The number of rotatable bonds is 5. The maximum atomic E-state index is 13.0. The highest BCUT2D eigenvalue weighted by atomic mass is 16.2. The van der Waals surface area contributed by atoms with Crippen molar-refractivity contribution in [2.75, 3.05) is 12.4 Å². The van der Waals surface area contributed by atoms with Crippen molar-refractivity contribution in [1.82, 2.24) is 19.7 Å². The summed E-state index contributed by atoms with van der Waals surface area (Å²) in [6.07, 6.45) is 6.73. The van der Waals surface area contributed by atoms with Crippen LogP contribution in [0.2, 0.25) is 0 Å². The second kappa shape index (κ2) is 6.66. The highest BCUT2D eigenvalue weighted by molar-refractivity contribution is 5.89. The van der Waals surface area contributed by atoms with Crippen LogP contribution < -0.4 is 5.32 Å². The van der Waals surface area contributed by atoms with E-state index < -0.39 is 0 Å². The predicted octanol–water partition coefficient (Wildman–Crippen LogP) is 4.22. The molecule has 0 spiro atoms. The van der Waals surface area contributed by atoms with Crippen molar-refractivity contribution in [3.63, 3.8) is 0 Å². The Bertz CT molecular complexity index is 803. The number of aromatic nitrogens is 3. The van der Waals surface area contributed by atoms with E-state index in [4.69, 9.17) is 5.10 Å². The fourth-order valence-electron chi connectivity index (χ4n) is 3.72. The molecule has 0 radical (unpaired) electrons. The van der Waals surface area contributed by atoms with Crippen LogP contribution in [0.4, 0.5) is 10.6 Å². The third-order valence-corrected chi connectivity index (χ3v) is 5.56. The van der Waals surface area contributed by atoms with E-state index in [2.05, 4.69) is 31.1 Å². The smallest absolute Gasteiger partial charge is 0.323 e. The Hall–Kier alpha value is -2.37. The van der Waals surface area contributed by atoms with E-state index in [1.54, 1.807) is 10.9 Å². The number of hydrogen-bond donors (Lipinski definition) is 1. The summed E-state index contributed by atoms with van der Waals surface area (Å²) in [6, 6.07) is 7.98. The monoisotopic (exact) mass is 367 g/mol. The Balaban J connectivity index is 1.60. The van der Waals surface area contributed by atoms with Crippen LogP contribution in [0, 0.1) is 11.8 Å². The Morgan fingerprint density at radius 2 is 1.89 bits per heavy atom. The van der Waals surface area contributed by atoms with E-state index in [9.17, 15) is 4.79 Å². The number of hydrogen-bond acceptors (Lipinski definition) is 3. The molecule has 2 aromatic heterocycles. The minimum absolute atomic E-state index is 0.0589. The summed E-state index contributed by atoms with van der Waals surface area (Å²) in [4.78, 5) is 19.3. The average Bonchev–Trinajstić information content (AvgIpc) is 3.56. The molecule has 0 saturated heterocycles. The van der Waals surface area contributed by atoms with Crippen LogP contribution in [-0.4, -0.2) is 38.8 Å². The highest BCUT2D eigenvalue weighted by Gasteiger charge is 2.45. The molecule has 0 aliphatic heterocycles. The number of nitrogens with one attached hydrogen (secondary N) is 1. The summed E-state index contributed by atoms with van der Waals surface area (Å²) in [5.74, 6) is 2.73. The van der Waals surface area contributed by atoms with Crippen LogP contribution in [-0.2, 0) is 5.41 Å². The van der Waals surface area contributed by atoms with E-state index in [0.29, 0.717) is 29.5 Å². The van der Waals surface area contributed by atoms with E-state index in [0.717, 1.165) is 5.69 Å². The quantitative estimate of drug-likeness (QED) is 0.861. The molecular weight excluding hydrogens is 338 g/mol. The molecule has 2 aromatic rings. The molecule has 2 aliphatic rings. The molecule has 144 valence electrons. The van der Waals surface area contributed by atoms with E-state index in [1.807, 2.05) is 36.2 Å². The van der Waals surface area contributed by atoms with Crippen molar-refractivity contribution in [2.45, 2.75) is 57.9 Å². The summed E-state index contributed by atoms with van der Waals surface area (Å²) < 4.78 is 1.73. The largest absolute Gasteiger partial charge is 0.324 e. The first-order valence-electron chi connectivity index (χ1n) is 9.90. The van der Waals surface area contributed by atoms with E-state index in [1.165, 1.54) is 25.7 Å². The lowest BCUT2D eigenvalue weighted by molar-refractivity contribution is 0.187. The summed E-state index contributed by atoms with van der Waals surface area (Å²) >= 11 is 0. The summed E-state index contributed by atoms with van der Waals surface area (Å²) in [7, 11) is 1.93. The third kappa shape index (κ3) is 3.84. The number of carbonyl (C=O) groups is 1. The Morgan fingerprint density at radius 1 is 1.22 bits per heavy atom. The molecule has 0 unspecified atom stereocenters. The van der Waals surface area contributed by atoms with Gasteiger partial charge in [0.2, 0.25) is 0 Å². The molecule has 0 atom stereocenters. The molecule has 6 heteroatoms. The molecule has 1 N–H and O–H groups in total. The van der Waals surface area contributed by atoms with Gasteiger partial charge in [-0.3, -0.25) is 5.32 Å². The zero-order chi connectivity index (χ0) is 19.2. The number of anilines is 1. The maximum Gasteiger partial charge on any atom is 0.323 e. The Labute approximate surface area is 161 Å². The lowest BCUT2D eigenvalue weighted by Gasteiger charge is -2.28. The standard InChI is InChI=1S/C21H29N5O/c1-21(2,3)16-13-18(26(24-16)17-7-5-6-12-22-17)23-20(27)25(4)19(14-8-9-14)15-10-11-15/h5-7,12-15,19H,8-11H2,1-4H3,(H,23,27). The topological polar surface area (TPSA) is 63.1 Å². The van der Waals surface area contributed by atoms with Crippen molar-refractivity contribution >= 4 is 11.8 Å². The van der Waals surface area contributed by atoms with Gasteiger partial charge in [0, 0.05) is 30.8 Å². The molecular formula is C21H29N5O. The molecule has 4 rings (SSSR count). The van der Waals surface area contributed by atoms with Gasteiger partial charge in [0.25, 0.3) is 0 Å². The zero-order valence-electron chi connectivity index (χ0n) is 16.6. The SMILES string of the molecule is CN(C(=O)Nc1cc(C(C)(C)C)nn1-c1ccccn1)C(C1CC1)C1CC1. The molecule has 2 aliphatic carbocycles. The average molecular weight is 367 g/mol. The predicted molar refractivity (Wildman–Crippen MR) is 106 cm³/mol. The van der Waals surface area contributed by atoms with Crippen molar-refractivity contribution in [2.24, 2.45) is 11.8 Å². The first-order valence-corrected chi connectivity index (χ1v) is 9.90. The van der Waals surface area contributed by atoms with Crippen LogP contribution in [0.1, 0.15) is 52.1 Å². The number of urea groups is 1. The molecule has 2 amide bonds. The lowest BCUT2D eigenvalue weighted by atomic mass is 9.92. The fourth-order valence-corrected chi connectivity index (χ4v) is 3.72. The van der Waals surface area contributed by atoms with Gasteiger partial charge in [-0.1, -0.05) is 26.8 Å². The normalized spacial score (nSPS) is 17.2. The molecule has 27 heavy (non-hydrogen) atoms. The molecule has 6 nitrogen and oxygen atoms in total. The van der Waals surface area contributed by atoms with Crippen molar-refractivity contribution in [3.8, 4) is 5.82 Å². The second-order valence-electron chi connectivity index (χ2n) is 8.97. The van der Waals surface area contributed by atoms with Gasteiger partial charge in [-0.25, -0.2) is 9.78 Å². The van der Waals surface area contributed by atoms with E-state index in [-0.39, 0.29) is 11.4 Å². The van der Waals surface area contributed by atoms with Gasteiger partial charge < -0.3 is 4.90 Å².